The summed E-state index contributed by atoms with van der Waals surface area (Å²) in [6.45, 7) is 1.69. The predicted molar refractivity (Wildman–Crippen MR) is 65.5 cm³/mol. The highest BCUT2D eigenvalue weighted by Crippen LogP contribution is 2.12. The fourth-order valence-corrected chi connectivity index (χ4v) is 1.44. The summed E-state index contributed by atoms with van der Waals surface area (Å²) < 4.78 is 12.9. The summed E-state index contributed by atoms with van der Waals surface area (Å²) in [7, 11) is 0. The van der Waals surface area contributed by atoms with E-state index in [0.29, 0.717) is 16.9 Å². The lowest BCUT2D eigenvalue weighted by atomic mass is 10.2. The first kappa shape index (κ1) is 12.0. The second kappa shape index (κ2) is 4.79. The molecule has 2 aromatic heterocycles. The molecule has 0 fully saturated rings. The Hall–Kier alpha value is -2.50. The van der Waals surface area contributed by atoms with Crippen molar-refractivity contribution in [1.82, 2.24) is 9.97 Å². The number of halogens is 1. The van der Waals surface area contributed by atoms with E-state index in [-0.39, 0.29) is 5.82 Å². The molecular weight excluding hydrogens is 235 g/mol. The Labute approximate surface area is 103 Å². The molecule has 0 saturated heterocycles. The predicted octanol–water partition coefficient (Wildman–Crippen LogP) is 1.76. The summed E-state index contributed by atoms with van der Waals surface area (Å²) in [4.78, 5) is 19.4. The van der Waals surface area contributed by atoms with Crippen molar-refractivity contribution in [1.29, 1.82) is 0 Å². The molecular formula is C12H11FN4O. The minimum atomic E-state index is -0.657. The van der Waals surface area contributed by atoms with Crippen molar-refractivity contribution in [3.63, 3.8) is 0 Å². The van der Waals surface area contributed by atoms with Crippen LogP contribution in [-0.4, -0.2) is 15.9 Å². The zero-order valence-corrected chi connectivity index (χ0v) is 9.64. The maximum absolute atomic E-state index is 12.9. The van der Waals surface area contributed by atoms with Crippen LogP contribution < -0.4 is 11.1 Å². The van der Waals surface area contributed by atoms with Gasteiger partial charge in [0, 0.05) is 0 Å². The van der Waals surface area contributed by atoms with Crippen LogP contribution in [0.2, 0.25) is 0 Å². The molecule has 1 amide bonds. The lowest BCUT2D eigenvalue weighted by molar-refractivity contribution is 0.102. The third-order valence-corrected chi connectivity index (χ3v) is 2.31. The number of hydrogen-bond donors (Lipinski definition) is 2. The second-order valence-corrected chi connectivity index (χ2v) is 3.70. The van der Waals surface area contributed by atoms with Crippen molar-refractivity contribution in [3.05, 3.63) is 47.7 Å². The quantitative estimate of drug-likeness (QED) is 0.791. The minimum Gasteiger partial charge on any atom is -0.397 e. The molecule has 0 unspecified atom stereocenters. The average Bonchev–Trinajstić information content (AvgIpc) is 2.32. The lowest BCUT2D eigenvalue weighted by Crippen LogP contribution is -2.15. The van der Waals surface area contributed by atoms with Crippen molar-refractivity contribution in [2.45, 2.75) is 6.92 Å². The van der Waals surface area contributed by atoms with Crippen LogP contribution in [0.25, 0.3) is 0 Å². The normalized spacial score (nSPS) is 10.1. The molecule has 2 heterocycles. The lowest BCUT2D eigenvalue weighted by Gasteiger charge is -2.07. The van der Waals surface area contributed by atoms with Crippen molar-refractivity contribution in [2.75, 3.05) is 11.1 Å². The van der Waals surface area contributed by atoms with Crippen LogP contribution in [-0.2, 0) is 0 Å². The van der Waals surface area contributed by atoms with E-state index in [9.17, 15) is 9.18 Å². The summed E-state index contributed by atoms with van der Waals surface area (Å²) >= 11 is 0. The fraction of sp³-hybridized carbons (Fsp3) is 0.0833. The SMILES string of the molecule is Cc1ncc(N)cc1C(=O)Nc1cccc(F)n1. The number of rotatable bonds is 2. The highest BCUT2D eigenvalue weighted by atomic mass is 19.1. The Morgan fingerprint density at radius 1 is 1.44 bits per heavy atom. The number of nitrogens with one attached hydrogen (secondary N) is 1. The van der Waals surface area contributed by atoms with E-state index in [1.807, 2.05) is 0 Å². The van der Waals surface area contributed by atoms with Crippen molar-refractivity contribution in [2.24, 2.45) is 0 Å². The number of hydrogen-bond acceptors (Lipinski definition) is 4. The van der Waals surface area contributed by atoms with Crippen LogP contribution >= 0.6 is 0 Å². The molecule has 0 spiro atoms. The van der Waals surface area contributed by atoms with Gasteiger partial charge in [-0.3, -0.25) is 9.78 Å². The molecule has 6 heteroatoms. The molecule has 0 atom stereocenters. The molecule has 0 radical (unpaired) electrons. The third-order valence-electron chi connectivity index (χ3n) is 2.31. The first-order valence-corrected chi connectivity index (χ1v) is 5.22. The summed E-state index contributed by atoms with van der Waals surface area (Å²) in [5, 5.41) is 2.48. The van der Waals surface area contributed by atoms with Gasteiger partial charge in [-0.2, -0.15) is 4.39 Å². The number of amides is 1. The first-order valence-electron chi connectivity index (χ1n) is 5.22. The molecule has 3 N–H and O–H groups in total. The van der Waals surface area contributed by atoms with Crippen molar-refractivity contribution >= 4 is 17.4 Å². The highest BCUT2D eigenvalue weighted by Gasteiger charge is 2.11. The van der Waals surface area contributed by atoms with Crippen LogP contribution in [0, 0.1) is 12.9 Å². The Kier molecular flexibility index (Phi) is 3.18. The van der Waals surface area contributed by atoms with E-state index in [1.54, 1.807) is 6.92 Å². The fourth-order valence-electron chi connectivity index (χ4n) is 1.44. The highest BCUT2D eigenvalue weighted by molar-refractivity contribution is 6.04. The molecule has 0 aromatic carbocycles. The number of nitrogen functional groups attached to an aromatic ring is 1. The van der Waals surface area contributed by atoms with E-state index in [4.69, 9.17) is 5.73 Å². The van der Waals surface area contributed by atoms with Gasteiger partial charge in [-0.05, 0) is 25.1 Å². The number of aryl methyl sites for hydroxylation is 1. The van der Waals surface area contributed by atoms with Gasteiger partial charge in [0.05, 0.1) is 23.1 Å². The van der Waals surface area contributed by atoms with Crippen LogP contribution in [0.5, 0.6) is 0 Å². The van der Waals surface area contributed by atoms with Gasteiger partial charge >= 0.3 is 0 Å². The van der Waals surface area contributed by atoms with Gasteiger partial charge in [0.15, 0.2) is 0 Å². The summed E-state index contributed by atoms with van der Waals surface area (Å²) in [5.74, 6) is -0.942. The molecule has 2 rings (SSSR count). The van der Waals surface area contributed by atoms with E-state index < -0.39 is 11.9 Å². The topological polar surface area (TPSA) is 80.9 Å². The van der Waals surface area contributed by atoms with Gasteiger partial charge in [-0.25, -0.2) is 4.98 Å². The minimum absolute atomic E-state index is 0.141. The van der Waals surface area contributed by atoms with Crippen molar-refractivity contribution in [3.8, 4) is 0 Å². The first-order chi connectivity index (χ1) is 8.56. The Morgan fingerprint density at radius 2 is 2.22 bits per heavy atom. The zero-order valence-electron chi connectivity index (χ0n) is 9.64. The standard InChI is InChI=1S/C12H11FN4O/c1-7-9(5-8(14)6-15-7)12(18)17-11-4-2-3-10(13)16-11/h2-6H,14H2,1H3,(H,16,17,18). The Morgan fingerprint density at radius 3 is 2.94 bits per heavy atom. The van der Waals surface area contributed by atoms with Gasteiger partial charge in [-0.15, -0.1) is 0 Å². The second-order valence-electron chi connectivity index (χ2n) is 3.70. The summed E-state index contributed by atoms with van der Waals surface area (Å²) in [6.07, 6.45) is 1.46. The van der Waals surface area contributed by atoms with E-state index in [1.165, 1.54) is 30.5 Å². The number of carbonyl (C=O) groups excluding carboxylic acids is 1. The van der Waals surface area contributed by atoms with Crippen LogP contribution in [0.3, 0.4) is 0 Å². The molecule has 0 aliphatic heterocycles. The molecule has 92 valence electrons. The monoisotopic (exact) mass is 246 g/mol. The maximum atomic E-state index is 12.9. The number of pyridine rings is 2. The molecule has 0 aliphatic rings. The van der Waals surface area contributed by atoms with Gasteiger partial charge in [-0.1, -0.05) is 6.07 Å². The van der Waals surface area contributed by atoms with Gasteiger partial charge < -0.3 is 11.1 Å². The van der Waals surface area contributed by atoms with Crippen LogP contribution in [0.1, 0.15) is 16.1 Å². The number of nitrogens with zero attached hydrogens (tertiary/aromatic N) is 2. The summed E-state index contributed by atoms with van der Waals surface area (Å²) in [6, 6.07) is 5.67. The van der Waals surface area contributed by atoms with Crippen molar-refractivity contribution < 1.29 is 9.18 Å². The zero-order chi connectivity index (χ0) is 13.1. The van der Waals surface area contributed by atoms with Crippen LogP contribution in [0.15, 0.2) is 30.5 Å². The molecule has 0 bridgehead atoms. The molecule has 0 aliphatic carbocycles. The van der Waals surface area contributed by atoms with Crippen LogP contribution in [0.4, 0.5) is 15.9 Å². The molecule has 2 aromatic rings. The molecule has 18 heavy (non-hydrogen) atoms. The van der Waals surface area contributed by atoms with E-state index in [2.05, 4.69) is 15.3 Å². The number of aromatic nitrogens is 2. The van der Waals surface area contributed by atoms with Gasteiger partial charge in [0.2, 0.25) is 5.95 Å². The number of nitrogens with two attached hydrogens (primary N) is 1. The third kappa shape index (κ3) is 2.60. The maximum Gasteiger partial charge on any atom is 0.258 e. The molecule has 0 saturated carbocycles. The van der Waals surface area contributed by atoms with E-state index in [0.717, 1.165) is 0 Å². The Bertz CT molecular complexity index is 600. The average molecular weight is 246 g/mol. The van der Waals surface area contributed by atoms with E-state index >= 15 is 0 Å². The summed E-state index contributed by atoms with van der Waals surface area (Å²) in [5.41, 5.74) is 6.83. The Balaban J connectivity index is 2.24. The smallest absolute Gasteiger partial charge is 0.258 e. The largest absolute Gasteiger partial charge is 0.397 e. The van der Waals surface area contributed by atoms with Gasteiger partial charge in [0.25, 0.3) is 5.91 Å². The van der Waals surface area contributed by atoms with Gasteiger partial charge in [0.1, 0.15) is 5.82 Å². The number of carbonyl (C=O) groups is 1. The number of anilines is 2. The molecule has 5 nitrogen and oxygen atoms in total.